The summed E-state index contributed by atoms with van der Waals surface area (Å²) in [5, 5.41) is 9.02. The first kappa shape index (κ1) is 50.2. The Morgan fingerprint density at radius 1 is 0.253 bits per heavy atom. The SMILES string of the molecule is c1ccc(-c2nc(-c3ccc(-c4ccc(-c5cccc6c5ccc5ccc(-c7ccc8c(c7)sc7c(-c9ccccc9)nc(-c9ccc(-c%10ccc(-c%11cccc%12c%11ccc%11cccnc%11%12)cc%10)cc9)nc78)nc56)cc4)cc3)nc3ccccc23)cc1. The molecule has 6 nitrogen and oxygen atoms in total. The van der Waals surface area contributed by atoms with Gasteiger partial charge in [0.15, 0.2) is 11.6 Å². The summed E-state index contributed by atoms with van der Waals surface area (Å²) in [7, 11) is 0. The van der Waals surface area contributed by atoms with Crippen molar-refractivity contribution >= 4 is 85.9 Å². The average Bonchev–Trinajstić information content (AvgIpc) is 2.86. The van der Waals surface area contributed by atoms with Crippen molar-refractivity contribution < 1.29 is 0 Å². The molecule has 87 heavy (non-hydrogen) atoms. The molecule has 0 saturated heterocycles. The number of aromatic nitrogens is 6. The van der Waals surface area contributed by atoms with Crippen LogP contribution in [0.2, 0.25) is 0 Å². The van der Waals surface area contributed by atoms with E-state index in [9.17, 15) is 0 Å². The summed E-state index contributed by atoms with van der Waals surface area (Å²) in [4.78, 5) is 30.9. The number of benzene rings is 12. The molecule has 7 heteroatoms. The van der Waals surface area contributed by atoms with Crippen LogP contribution in [0.25, 0.3) is 176 Å². The summed E-state index contributed by atoms with van der Waals surface area (Å²) < 4.78 is 2.20. The van der Waals surface area contributed by atoms with Crippen LogP contribution < -0.4 is 0 Å². The van der Waals surface area contributed by atoms with Crippen LogP contribution in [0.4, 0.5) is 0 Å². The van der Waals surface area contributed by atoms with Crippen molar-refractivity contribution in [3.05, 3.63) is 291 Å². The van der Waals surface area contributed by atoms with Gasteiger partial charge >= 0.3 is 0 Å². The van der Waals surface area contributed by atoms with Crippen molar-refractivity contribution in [2.45, 2.75) is 0 Å². The highest BCUT2D eigenvalue weighted by Crippen LogP contribution is 2.43. The standard InChI is InChI=1S/C80H48N6S/c1-3-12-55(13-4-1)75-68-17-7-8-22-71(68)83-79(84-75)59-35-27-51(28-36-59)49-25-33-54(34-26-49)63-19-10-21-67-65(63)44-40-58-42-46-70(82-74(58)67)61-41-45-69-72(48-61)87-78-76(56-14-5-2-6-15-56)85-80(86-77(69)78)60-37-29-52(30-38-60)50-23-31-53(32-24-50)62-18-9-20-66-64(62)43-39-57-16-11-47-81-73(57)66/h1-48H. The van der Waals surface area contributed by atoms with Crippen molar-refractivity contribution in [2.24, 2.45) is 0 Å². The molecule has 0 fully saturated rings. The Morgan fingerprint density at radius 3 is 1.37 bits per heavy atom. The van der Waals surface area contributed by atoms with Gasteiger partial charge in [0.1, 0.15) is 0 Å². The van der Waals surface area contributed by atoms with E-state index in [1.807, 2.05) is 30.5 Å². The number of nitrogens with zero attached hydrogens (tertiary/aromatic N) is 6. The molecule has 0 atom stereocenters. The van der Waals surface area contributed by atoms with Crippen molar-refractivity contribution in [3.63, 3.8) is 0 Å². The number of hydrogen-bond donors (Lipinski definition) is 0. The molecule has 5 aromatic heterocycles. The monoisotopic (exact) mass is 1120 g/mol. The first-order valence-electron chi connectivity index (χ1n) is 29.2. The molecule has 0 aliphatic rings. The minimum absolute atomic E-state index is 0.695. The van der Waals surface area contributed by atoms with Gasteiger partial charge < -0.3 is 0 Å². The van der Waals surface area contributed by atoms with Gasteiger partial charge in [-0.25, -0.2) is 24.9 Å². The van der Waals surface area contributed by atoms with E-state index in [0.29, 0.717) is 11.6 Å². The predicted octanol–water partition coefficient (Wildman–Crippen LogP) is 21.2. The van der Waals surface area contributed by atoms with Crippen molar-refractivity contribution in [1.82, 2.24) is 29.9 Å². The third kappa shape index (κ3) is 8.87. The van der Waals surface area contributed by atoms with E-state index in [1.165, 1.54) is 22.1 Å². The molecule has 17 rings (SSSR count). The molecule has 0 spiro atoms. The lowest BCUT2D eigenvalue weighted by molar-refractivity contribution is 1.23. The Balaban J connectivity index is 0.658. The van der Waals surface area contributed by atoms with Crippen LogP contribution in [0.5, 0.6) is 0 Å². The van der Waals surface area contributed by atoms with Crippen LogP contribution in [-0.4, -0.2) is 29.9 Å². The third-order valence-electron chi connectivity index (χ3n) is 17.0. The lowest BCUT2D eigenvalue weighted by Crippen LogP contribution is -1.95. The molecule has 17 aromatic rings. The summed E-state index contributed by atoms with van der Waals surface area (Å²) in [6.07, 6.45) is 1.87. The maximum atomic E-state index is 5.44. The number of thiophene rings is 1. The highest BCUT2D eigenvalue weighted by Gasteiger charge is 2.19. The largest absolute Gasteiger partial charge is 0.256 e. The number of rotatable bonds is 9. The van der Waals surface area contributed by atoms with Crippen LogP contribution in [0.1, 0.15) is 0 Å². The summed E-state index contributed by atoms with van der Waals surface area (Å²) in [6, 6.07) is 101. The van der Waals surface area contributed by atoms with Crippen molar-refractivity contribution in [2.75, 3.05) is 0 Å². The summed E-state index contributed by atoms with van der Waals surface area (Å²) in [5.41, 5.74) is 21.0. The highest BCUT2D eigenvalue weighted by molar-refractivity contribution is 7.26. The second kappa shape index (κ2) is 20.7. The van der Waals surface area contributed by atoms with Gasteiger partial charge in [-0.3, -0.25) is 4.98 Å². The number of pyridine rings is 2. The molecular weight excluding hydrogens is 1080 g/mol. The minimum atomic E-state index is 0.695. The van der Waals surface area contributed by atoms with Crippen LogP contribution >= 0.6 is 11.3 Å². The molecular formula is C80H48N6S. The second-order valence-corrected chi connectivity index (χ2v) is 23.2. The van der Waals surface area contributed by atoms with Gasteiger partial charge in [-0.2, -0.15) is 0 Å². The van der Waals surface area contributed by atoms with E-state index in [-0.39, 0.29) is 0 Å². The molecule has 5 heterocycles. The summed E-state index contributed by atoms with van der Waals surface area (Å²) in [5.74, 6) is 1.41. The van der Waals surface area contributed by atoms with Gasteiger partial charge in [0.05, 0.1) is 43.8 Å². The Labute approximate surface area is 505 Å². The van der Waals surface area contributed by atoms with Gasteiger partial charge in [-0.1, -0.05) is 261 Å². The molecule has 0 aliphatic carbocycles. The van der Waals surface area contributed by atoms with Crippen LogP contribution in [0.3, 0.4) is 0 Å². The normalized spacial score (nSPS) is 11.7. The second-order valence-electron chi connectivity index (χ2n) is 22.1. The zero-order valence-corrected chi connectivity index (χ0v) is 47.6. The Morgan fingerprint density at radius 2 is 0.736 bits per heavy atom. The number of hydrogen-bond acceptors (Lipinski definition) is 7. The fourth-order valence-corrected chi connectivity index (χ4v) is 13.8. The fraction of sp³-hybridized carbons (Fsp3) is 0. The average molecular weight is 1130 g/mol. The zero-order valence-electron chi connectivity index (χ0n) is 46.8. The summed E-state index contributed by atoms with van der Waals surface area (Å²) in [6.45, 7) is 0. The zero-order chi connectivity index (χ0) is 57.4. The maximum Gasteiger partial charge on any atom is 0.160 e. The van der Waals surface area contributed by atoms with Crippen LogP contribution in [0, 0.1) is 0 Å². The smallest absolute Gasteiger partial charge is 0.160 e. The van der Waals surface area contributed by atoms with E-state index in [2.05, 4.69) is 261 Å². The minimum Gasteiger partial charge on any atom is -0.256 e. The molecule has 0 N–H and O–H groups in total. The van der Waals surface area contributed by atoms with E-state index >= 15 is 0 Å². The van der Waals surface area contributed by atoms with E-state index in [1.54, 1.807) is 11.3 Å². The molecule has 0 radical (unpaired) electrons. The Hall–Kier alpha value is -11.4. The van der Waals surface area contributed by atoms with E-state index < -0.39 is 0 Å². The Kier molecular flexibility index (Phi) is 12.0. The lowest BCUT2D eigenvalue weighted by atomic mass is 9.94. The van der Waals surface area contributed by atoms with Gasteiger partial charge in [0.2, 0.25) is 0 Å². The predicted molar refractivity (Wildman–Crippen MR) is 363 cm³/mol. The van der Waals surface area contributed by atoms with Crippen LogP contribution in [-0.2, 0) is 0 Å². The summed E-state index contributed by atoms with van der Waals surface area (Å²) >= 11 is 1.74. The molecule has 12 aromatic carbocycles. The number of fused-ring (bicyclic) bond motifs is 10. The molecule has 0 saturated carbocycles. The van der Waals surface area contributed by atoms with Gasteiger partial charge in [-0.05, 0) is 79.5 Å². The van der Waals surface area contributed by atoms with Gasteiger partial charge in [0.25, 0.3) is 0 Å². The molecule has 404 valence electrons. The molecule has 0 aliphatic heterocycles. The molecule has 0 amide bonds. The third-order valence-corrected chi connectivity index (χ3v) is 18.1. The van der Waals surface area contributed by atoms with Gasteiger partial charge in [0, 0.05) is 71.0 Å². The quantitative estimate of drug-likeness (QED) is 0.134. The number of para-hydroxylation sites is 1. The van der Waals surface area contributed by atoms with Crippen molar-refractivity contribution in [3.8, 4) is 101 Å². The molecule has 0 unspecified atom stereocenters. The molecule has 0 bridgehead atoms. The fourth-order valence-electron chi connectivity index (χ4n) is 12.6. The van der Waals surface area contributed by atoms with E-state index in [4.69, 9.17) is 29.9 Å². The maximum absolute atomic E-state index is 5.44. The highest BCUT2D eigenvalue weighted by atomic mass is 32.1. The lowest BCUT2D eigenvalue weighted by Gasteiger charge is -2.12. The van der Waals surface area contributed by atoms with Gasteiger partial charge in [-0.15, -0.1) is 11.3 Å². The first-order valence-corrected chi connectivity index (χ1v) is 30.0. The Bertz CT molecular complexity index is 5530. The van der Waals surface area contributed by atoms with Crippen molar-refractivity contribution in [1.29, 1.82) is 0 Å². The topological polar surface area (TPSA) is 77.3 Å². The van der Waals surface area contributed by atoms with E-state index in [0.717, 1.165) is 142 Å². The first-order chi connectivity index (χ1) is 43.1. The van der Waals surface area contributed by atoms with Crippen LogP contribution in [0.15, 0.2) is 291 Å².